The Morgan fingerprint density at radius 3 is 2.09 bits per heavy atom. The van der Waals surface area contributed by atoms with Crippen molar-refractivity contribution in [2.24, 2.45) is 0 Å². The van der Waals surface area contributed by atoms with Gasteiger partial charge in [0.2, 0.25) is 11.8 Å². The number of amides is 2. The highest BCUT2D eigenvalue weighted by Crippen LogP contribution is 2.33. The summed E-state index contributed by atoms with van der Waals surface area (Å²) in [7, 11) is -4.28. The van der Waals surface area contributed by atoms with Crippen LogP contribution >= 0.6 is 23.2 Å². The predicted molar refractivity (Wildman–Crippen MR) is 187 cm³/mol. The summed E-state index contributed by atoms with van der Waals surface area (Å²) in [4.78, 5) is 30.0. The summed E-state index contributed by atoms with van der Waals surface area (Å²) in [6.07, 6.45) is 1.80. The highest BCUT2D eigenvalue weighted by atomic mass is 35.5. The van der Waals surface area contributed by atoms with Crippen LogP contribution in [0, 0.1) is 0 Å². The van der Waals surface area contributed by atoms with Crippen LogP contribution in [0.5, 0.6) is 5.75 Å². The first-order valence-corrected chi connectivity index (χ1v) is 17.7. The quantitative estimate of drug-likeness (QED) is 0.126. The highest BCUT2D eigenvalue weighted by Gasteiger charge is 2.36. The Balaban J connectivity index is 1.85. The Kier molecular flexibility index (Phi) is 13.1. The Labute approximate surface area is 287 Å². The molecule has 0 bridgehead atoms. The van der Waals surface area contributed by atoms with Gasteiger partial charge in [-0.05, 0) is 55.3 Å². The van der Waals surface area contributed by atoms with E-state index in [1.54, 1.807) is 67.6 Å². The molecule has 47 heavy (non-hydrogen) atoms. The number of ether oxygens (including phenoxy) is 1. The number of carbonyl (C=O) groups is 2. The van der Waals surface area contributed by atoms with Crippen LogP contribution in [0.3, 0.4) is 0 Å². The van der Waals surface area contributed by atoms with E-state index in [9.17, 15) is 18.0 Å². The number of unbranched alkanes of at least 4 members (excludes halogenated alkanes) is 1. The van der Waals surface area contributed by atoms with Crippen LogP contribution in [0.1, 0.15) is 37.8 Å². The molecule has 0 aliphatic carbocycles. The third-order valence-electron chi connectivity index (χ3n) is 7.53. The monoisotopic (exact) mass is 695 g/mol. The number of carbonyl (C=O) groups excluding carboxylic acids is 2. The lowest BCUT2D eigenvalue weighted by atomic mass is 10.0. The number of hydrogen-bond acceptors (Lipinski definition) is 5. The molecule has 8 nitrogen and oxygen atoms in total. The fourth-order valence-electron chi connectivity index (χ4n) is 5.09. The van der Waals surface area contributed by atoms with Gasteiger partial charge in [-0.1, -0.05) is 103 Å². The second kappa shape index (κ2) is 17.2. The SMILES string of the molecule is CCCCNC(=O)[C@@H](Cc1ccccc1)N(Cc1c(Cl)cccc1Cl)C(=O)CN(c1ccccc1OCC)S(=O)(=O)c1ccccc1. The summed E-state index contributed by atoms with van der Waals surface area (Å²) >= 11 is 13.2. The largest absolute Gasteiger partial charge is 0.492 e. The van der Waals surface area contributed by atoms with Gasteiger partial charge in [-0.3, -0.25) is 13.9 Å². The number of para-hydroxylation sites is 2. The third-order valence-corrected chi connectivity index (χ3v) is 10.0. The summed E-state index contributed by atoms with van der Waals surface area (Å²) in [5.74, 6) is -0.703. The number of halogens is 2. The Morgan fingerprint density at radius 1 is 0.830 bits per heavy atom. The van der Waals surface area contributed by atoms with Gasteiger partial charge in [0.25, 0.3) is 10.0 Å². The van der Waals surface area contributed by atoms with Crippen LogP contribution in [0.15, 0.2) is 108 Å². The van der Waals surface area contributed by atoms with Gasteiger partial charge in [-0.25, -0.2) is 8.42 Å². The Hall–Kier alpha value is -4.05. The van der Waals surface area contributed by atoms with E-state index in [1.807, 2.05) is 37.3 Å². The summed E-state index contributed by atoms with van der Waals surface area (Å²) in [6.45, 7) is 3.74. The molecule has 4 aromatic carbocycles. The van der Waals surface area contributed by atoms with Crippen LogP contribution in [-0.2, 0) is 32.6 Å². The van der Waals surface area contributed by atoms with Crippen molar-refractivity contribution >= 4 is 50.7 Å². The minimum Gasteiger partial charge on any atom is -0.492 e. The van der Waals surface area contributed by atoms with Gasteiger partial charge in [0.05, 0.1) is 17.2 Å². The molecule has 0 unspecified atom stereocenters. The van der Waals surface area contributed by atoms with E-state index in [0.29, 0.717) is 27.9 Å². The second-order valence-electron chi connectivity index (χ2n) is 10.8. The lowest BCUT2D eigenvalue weighted by Gasteiger charge is -2.34. The van der Waals surface area contributed by atoms with Crippen molar-refractivity contribution in [1.82, 2.24) is 10.2 Å². The van der Waals surface area contributed by atoms with Gasteiger partial charge < -0.3 is 15.0 Å². The summed E-state index contributed by atoms with van der Waals surface area (Å²) in [6, 6.07) is 27.9. The molecule has 1 atom stereocenters. The average molecular weight is 697 g/mol. The van der Waals surface area contributed by atoms with E-state index >= 15 is 0 Å². The van der Waals surface area contributed by atoms with Gasteiger partial charge in [0.15, 0.2) is 0 Å². The van der Waals surface area contributed by atoms with Crippen LogP contribution in [-0.4, -0.2) is 50.9 Å². The molecule has 4 rings (SSSR count). The molecule has 248 valence electrons. The molecule has 0 aliphatic heterocycles. The maximum atomic E-state index is 14.7. The van der Waals surface area contributed by atoms with Crippen molar-refractivity contribution in [2.45, 2.75) is 50.6 Å². The lowest BCUT2D eigenvalue weighted by Crippen LogP contribution is -2.53. The molecular formula is C36H39Cl2N3O5S. The summed E-state index contributed by atoms with van der Waals surface area (Å²) < 4.78 is 35.4. The minimum atomic E-state index is -4.28. The van der Waals surface area contributed by atoms with Crippen LogP contribution < -0.4 is 14.4 Å². The van der Waals surface area contributed by atoms with Crippen LogP contribution in [0.25, 0.3) is 0 Å². The average Bonchev–Trinajstić information content (AvgIpc) is 3.07. The molecule has 0 aliphatic rings. The third kappa shape index (κ3) is 9.28. The molecule has 0 saturated carbocycles. The lowest BCUT2D eigenvalue weighted by molar-refractivity contribution is -0.140. The van der Waals surface area contributed by atoms with Crippen molar-refractivity contribution < 1.29 is 22.7 Å². The topological polar surface area (TPSA) is 96.0 Å². The van der Waals surface area contributed by atoms with Crippen molar-refractivity contribution in [3.8, 4) is 5.75 Å². The number of anilines is 1. The predicted octanol–water partition coefficient (Wildman–Crippen LogP) is 7.14. The fraction of sp³-hybridized carbons (Fsp3) is 0.278. The van der Waals surface area contributed by atoms with Crippen LogP contribution in [0.2, 0.25) is 10.0 Å². The van der Waals surface area contributed by atoms with E-state index in [-0.39, 0.29) is 36.1 Å². The van der Waals surface area contributed by atoms with E-state index in [0.717, 1.165) is 22.7 Å². The standard InChI is InChI=1S/C36H39Cl2N3O5S/c1-3-5-23-39-36(43)33(24-27-15-8-6-9-16-27)40(25-29-30(37)19-14-20-31(29)38)35(42)26-41(32-21-12-13-22-34(32)46-4-2)47(44,45)28-17-10-7-11-18-28/h6-22,33H,3-5,23-26H2,1-2H3,(H,39,43)/t33-/m1/s1. The van der Waals surface area contributed by atoms with Crippen molar-refractivity contribution in [3.05, 3.63) is 124 Å². The molecule has 11 heteroatoms. The molecule has 0 fully saturated rings. The maximum absolute atomic E-state index is 14.7. The first-order chi connectivity index (χ1) is 22.7. The Bertz CT molecular complexity index is 1720. The molecule has 0 heterocycles. The minimum absolute atomic E-state index is 0.00190. The van der Waals surface area contributed by atoms with Crippen molar-refractivity contribution in [2.75, 3.05) is 24.0 Å². The normalized spacial score (nSPS) is 11.8. The number of nitrogens with one attached hydrogen (secondary N) is 1. The molecule has 2 amide bonds. The molecule has 0 radical (unpaired) electrons. The molecule has 0 aromatic heterocycles. The number of rotatable bonds is 16. The van der Waals surface area contributed by atoms with E-state index in [1.165, 1.54) is 17.0 Å². The number of nitrogens with zero attached hydrogens (tertiary/aromatic N) is 2. The molecular weight excluding hydrogens is 657 g/mol. The van der Waals surface area contributed by atoms with E-state index in [2.05, 4.69) is 5.32 Å². The summed E-state index contributed by atoms with van der Waals surface area (Å²) in [5.41, 5.74) is 1.45. The maximum Gasteiger partial charge on any atom is 0.264 e. The highest BCUT2D eigenvalue weighted by molar-refractivity contribution is 7.92. The number of benzene rings is 4. The first kappa shape index (κ1) is 35.8. The van der Waals surface area contributed by atoms with E-state index in [4.69, 9.17) is 27.9 Å². The van der Waals surface area contributed by atoms with Crippen molar-refractivity contribution in [1.29, 1.82) is 0 Å². The van der Waals surface area contributed by atoms with Gasteiger partial charge in [-0.2, -0.15) is 0 Å². The zero-order valence-electron chi connectivity index (χ0n) is 26.4. The smallest absolute Gasteiger partial charge is 0.264 e. The van der Waals surface area contributed by atoms with Gasteiger partial charge >= 0.3 is 0 Å². The molecule has 0 saturated heterocycles. The number of sulfonamides is 1. The molecule has 1 N–H and O–H groups in total. The van der Waals surface area contributed by atoms with Crippen molar-refractivity contribution in [3.63, 3.8) is 0 Å². The fourth-order valence-corrected chi connectivity index (χ4v) is 7.05. The van der Waals surface area contributed by atoms with Gasteiger partial charge in [0, 0.05) is 35.1 Å². The summed E-state index contributed by atoms with van der Waals surface area (Å²) in [5, 5.41) is 3.60. The molecule has 4 aromatic rings. The van der Waals surface area contributed by atoms with E-state index < -0.39 is 28.5 Å². The zero-order valence-corrected chi connectivity index (χ0v) is 28.8. The zero-order chi connectivity index (χ0) is 33.8. The first-order valence-electron chi connectivity index (χ1n) is 15.5. The molecule has 0 spiro atoms. The van der Waals surface area contributed by atoms with Crippen LogP contribution in [0.4, 0.5) is 5.69 Å². The van der Waals surface area contributed by atoms with Gasteiger partial charge in [-0.15, -0.1) is 0 Å². The second-order valence-corrected chi connectivity index (χ2v) is 13.5. The Morgan fingerprint density at radius 2 is 1.45 bits per heavy atom. The number of hydrogen-bond donors (Lipinski definition) is 1. The van der Waals surface area contributed by atoms with Gasteiger partial charge in [0.1, 0.15) is 18.3 Å².